The average Bonchev–Trinajstić information content (AvgIpc) is 2.61. The van der Waals surface area contributed by atoms with Crippen molar-refractivity contribution in [3.63, 3.8) is 0 Å². The molecule has 0 fully saturated rings. The molecule has 1 N–H and O–H groups in total. The van der Waals surface area contributed by atoms with Gasteiger partial charge in [0.15, 0.2) is 6.10 Å². The van der Waals surface area contributed by atoms with Crippen molar-refractivity contribution < 1.29 is 9.53 Å². The number of carbonyl (C=O) groups excluding carboxylic acids is 1. The first-order valence-corrected chi connectivity index (χ1v) is 9.76. The molecule has 3 nitrogen and oxygen atoms in total. The van der Waals surface area contributed by atoms with E-state index in [1.54, 1.807) is 0 Å². The maximum absolute atomic E-state index is 12.7. The molecule has 2 atom stereocenters. The number of hydrogen-bond donors (Lipinski definition) is 1. The zero-order chi connectivity index (χ0) is 20.2. The van der Waals surface area contributed by atoms with Gasteiger partial charge in [-0.1, -0.05) is 58.0 Å². The van der Waals surface area contributed by atoms with Crippen LogP contribution in [0.4, 0.5) is 0 Å². The first-order valence-electron chi connectivity index (χ1n) is 9.76. The standard InChI is InChI=1S/C24H33NO2/c1-8-22(27-21-14-9-16(2)17(3)15-21)23(26)25-18(4)19-10-12-20(13-11-19)24(5,6)7/h9-15,18,22H,8H2,1-7H3,(H,25,26). The quantitative estimate of drug-likeness (QED) is 0.718. The van der Waals surface area contributed by atoms with E-state index in [1.165, 1.54) is 11.1 Å². The second-order valence-corrected chi connectivity index (χ2v) is 8.36. The zero-order valence-electron chi connectivity index (χ0n) is 17.7. The van der Waals surface area contributed by atoms with Gasteiger partial charge in [-0.25, -0.2) is 0 Å². The molecule has 2 aromatic rings. The van der Waals surface area contributed by atoms with Crippen molar-refractivity contribution in [2.75, 3.05) is 0 Å². The van der Waals surface area contributed by atoms with Gasteiger partial charge < -0.3 is 10.1 Å². The van der Waals surface area contributed by atoms with Crippen LogP contribution >= 0.6 is 0 Å². The number of nitrogens with one attached hydrogen (secondary N) is 1. The molecule has 2 unspecified atom stereocenters. The molecule has 2 aromatic carbocycles. The van der Waals surface area contributed by atoms with Crippen LogP contribution in [0.2, 0.25) is 0 Å². The van der Waals surface area contributed by atoms with Gasteiger partial charge in [-0.2, -0.15) is 0 Å². The summed E-state index contributed by atoms with van der Waals surface area (Å²) in [5.41, 5.74) is 4.88. The van der Waals surface area contributed by atoms with Crippen molar-refractivity contribution in [1.82, 2.24) is 5.32 Å². The molecule has 0 radical (unpaired) electrons. The highest BCUT2D eigenvalue weighted by molar-refractivity contribution is 5.81. The Morgan fingerprint density at radius 2 is 1.67 bits per heavy atom. The normalized spacial score (nSPS) is 13.7. The summed E-state index contributed by atoms with van der Waals surface area (Å²) >= 11 is 0. The predicted molar refractivity (Wildman–Crippen MR) is 112 cm³/mol. The number of amides is 1. The third-order valence-electron chi connectivity index (χ3n) is 5.06. The Hall–Kier alpha value is -2.29. The SMILES string of the molecule is CCC(Oc1ccc(C)c(C)c1)C(=O)NC(C)c1ccc(C(C)(C)C)cc1. The lowest BCUT2D eigenvalue weighted by Gasteiger charge is -2.23. The molecule has 0 aliphatic carbocycles. The van der Waals surface area contributed by atoms with Crippen LogP contribution < -0.4 is 10.1 Å². The van der Waals surface area contributed by atoms with Gasteiger partial charge in [-0.15, -0.1) is 0 Å². The minimum atomic E-state index is -0.497. The molecule has 0 saturated carbocycles. The van der Waals surface area contributed by atoms with E-state index in [9.17, 15) is 4.79 Å². The number of carbonyl (C=O) groups is 1. The fourth-order valence-electron chi connectivity index (χ4n) is 2.94. The van der Waals surface area contributed by atoms with E-state index >= 15 is 0 Å². The molecule has 2 rings (SSSR count). The summed E-state index contributed by atoms with van der Waals surface area (Å²) in [6.07, 6.45) is 0.123. The Bertz CT molecular complexity index is 772. The number of benzene rings is 2. The van der Waals surface area contributed by atoms with Crippen molar-refractivity contribution >= 4 is 5.91 Å². The van der Waals surface area contributed by atoms with E-state index in [2.05, 4.69) is 57.3 Å². The summed E-state index contributed by atoms with van der Waals surface area (Å²) in [6, 6.07) is 14.3. The molecule has 0 spiro atoms. The first kappa shape index (κ1) is 21.0. The Morgan fingerprint density at radius 1 is 1.04 bits per heavy atom. The molecule has 0 heterocycles. The van der Waals surface area contributed by atoms with Gasteiger partial charge in [0.05, 0.1) is 6.04 Å². The maximum Gasteiger partial charge on any atom is 0.261 e. The van der Waals surface area contributed by atoms with Gasteiger partial charge in [0.1, 0.15) is 5.75 Å². The molecule has 0 aromatic heterocycles. The fourth-order valence-corrected chi connectivity index (χ4v) is 2.94. The van der Waals surface area contributed by atoms with E-state index in [0.29, 0.717) is 6.42 Å². The summed E-state index contributed by atoms with van der Waals surface area (Å²) in [5.74, 6) is 0.658. The minimum absolute atomic E-state index is 0.0658. The summed E-state index contributed by atoms with van der Waals surface area (Å²) in [5, 5.41) is 3.09. The summed E-state index contributed by atoms with van der Waals surface area (Å²) in [4.78, 5) is 12.7. The molecule has 0 saturated heterocycles. The van der Waals surface area contributed by atoms with Crippen molar-refractivity contribution in [2.24, 2.45) is 0 Å². The van der Waals surface area contributed by atoms with E-state index in [-0.39, 0.29) is 17.4 Å². The molecule has 27 heavy (non-hydrogen) atoms. The molecular weight excluding hydrogens is 334 g/mol. The number of aryl methyl sites for hydroxylation is 2. The number of ether oxygens (including phenoxy) is 1. The number of rotatable bonds is 6. The van der Waals surface area contributed by atoms with Gasteiger partial charge in [-0.3, -0.25) is 4.79 Å². The van der Waals surface area contributed by atoms with Crippen LogP contribution in [0.5, 0.6) is 5.75 Å². The van der Waals surface area contributed by atoms with Crippen molar-refractivity contribution in [3.05, 3.63) is 64.7 Å². The van der Waals surface area contributed by atoms with Crippen LogP contribution in [0.15, 0.2) is 42.5 Å². The van der Waals surface area contributed by atoms with E-state index in [1.807, 2.05) is 39.0 Å². The molecular formula is C24H33NO2. The van der Waals surface area contributed by atoms with Gasteiger partial charge in [-0.05, 0) is 67.0 Å². The average molecular weight is 368 g/mol. The van der Waals surface area contributed by atoms with E-state index in [0.717, 1.165) is 16.9 Å². The van der Waals surface area contributed by atoms with Gasteiger partial charge in [0, 0.05) is 0 Å². The van der Waals surface area contributed by atoms with Crippen molar-refractivity contribution in [2.45, 2.75) is 72.4 Å². The van der Waals surface area contributed by atoms with Gasteiger partial charge >= 0.3 is 0 Å². The Labute approximate surface area is 164 Å². The summed E-state index contributed by atoms with van der Waals surface area (Å²) in [7, 11) is 0. The van der Waals surface area contributed by atoms with Gasteiger partial charge in [0.25, 0.3) is 5.91 Å². The first-order chi connectivity index (χ1) is 12.6. The molecule has 0 aliphatic rings. The summed E-state index contributed by atoms with van der Waals surface area (Å²) in [6.45, 7) is 14.7. The summed E-state index contributed by atoms with van der Waals surface area (Å²) < 4.78 is 5.95. The highest BCUT2D eigenvalue weighted by Gasteiger charge is 2.21. The second-order valence-electron chi connectivity index (χ2n) is 8.36. The van der Waals surface area contributed by atoms with Crippen molar-refractivity contribution in [1.29, 1.82) is 0 Å². The smallest absolute Gasteiger partial charge is 0.261 e. The molecule has 0 aliphatic heterocycles. The largest absolute Gasteiger partial charge is 0.481 e. The lowest BCUT2D eigenvalue weighted by molar-refractivity contribution is -0.128. The Balaban J connectivity index is 2.03. The van der Waals surface area contributed by atoms with E-state index < -0.39 is 6.10 Å². The molecule has 146 valence electrons. The second kappa shape index (κ2) is 8.60. The highest BCUT2D eigenvalue weighted by Crippen LogP contribution is 2.24. The van der Waals surface area contributed by atoms with Gasteiger partial charge in [0.2, 0.25) is 0 Å². The van der Waals surface area contributed by atoms with E-state index in [4.69, 9.17) is 4.74 Å². The Kier molecular flexibility index (Phi) is 6.69. The highest BCUT2D eigenvalue weighted by atomic mass is 16.5. The Morgan fingerprint density at radius 3 is 2.19 bits per heavy atom. The third kappa shape index (κ3) is 5.59. The third-order valence-corrected chi connectivity index (χ3v) is 5.06. The lowest BCUT2D eigenvalue weighted by atomic mass is 9.86. The monoisotopic (exact) mass is 367 g/mol. The topological polar surface area (TPSA) is 38.3 Å². The lowest BCUT2D eigenvalue weighted by Crippen LogP contribution is -2.39. The number of hydrogen-bond acceptors (Lipinski definition) is 2. The maximum atomic E-state index is 12.7. The molecule has 0 bridgehead atoms. The minimum Gasteiger partial charge on any atom is -0.481 e. The van der Waals surface area contributed by atoms with Crippen LogP contribution in [0, 0.1) is 13.8 Å². The molecule has 3 heteroatoms. The van der Waals surface area contributed by atoms with Crippen LogP contribution in [0.25, 0.3) is 0 Å². The van der Waals surface area contributed by atoms with Crippen LogP contribution in [-0.2, 0) is 10.2 Å². The van der Waals surface area contributed by atoms with Crippen molar-refractivity contribution in [3.8, 4) is 5.75 Å². The zero-order valence-corrected chi connectivity index (χ0v) is 17.7. The van der Waals surface area contributed by atoms with Crippen LogP contribution in [0.1, 0.15) is 69.3 Å². The molecule has 1 amide bonds. The van der Waals surface area contributed by atoms with Crippen LogP contribution in [-0.4, -0.2) is 12.0 Å². The predicted octanol–water partition coefficient (Wildman–Crippen LogP) is 5.64. The fraction of sp³-hybridized carbons (Fsp3) is 0.458. The van der Waals surface area contributed by atoms with Crippen LogP contribution in [0.3, 0.4) is 0 Å².